The third kappa shape index (κ3) is 4.45. The molecule has 0 saturated carbocycles. The van der Waals surface area contributed by atoms with E-state index in [0.717, 1.165) is 17.7 Å². The molecule has 128 valence electrons. The molecule has 0 bridgehead atoms. The third-order valence-electron chi connectivity index (χ3n) is 3.68. The van der Waals surface area contributed by atoms with Crippen LogP contribution in [0.3, 0.4) is 0 Å². The molecule has 0 radical (unpaired) electrons. The SMILES string of the molecule is COc1ccc(CCc2cc(C)c(C(=O)NCCN)c(=O)o2)cc1. The lowest BCUT2D eigenvalue weighted by atomic mass is 10.1. The topological polar surface area (TPSA) is 94.6 Å². The lowest BCUT2D eigenvalue weighted by Gasteiger charge is -2.08. The van der Waals surface area contributed by atoms with Crippen molar-refractivity contribution in [2.75, 3.05) is 20.2 Å². The largest absolute Gasteiger partial charge is 0.497 e. The molecule has 0 fully saturated rings. The van der Waals surface area contributed by atoms with Gasteiger partial charge in [-0.2, -0.15) is 0 Å². The smallest absolute Gasteiger partial charge is 0.349 e. The number of carbonyl (C=O) groups excluding carboxylic acids is 1. The van der Waals surface area contributed by atoms with E-state index in [1.54, 1.807) is 20.1 Å². The van der Waals surface area contributed by atoms with Gasteiger partial charge in [0.2, 0.25) is 0 Å². The van der Waals surface area contributed by atoms with Gasteiger partial charge in [0.1, 0.15) is 17.1 Å². The van der Waals surface area contributed by atoms with E-state index in [2.05, 4.69) is 5.32 Å². The highest BCUT2D eigenvalue weighted by atomic mass is 16.5. The number of hydrogen-bond donors (Lipinski definition) is 2. The summed E-state index contributed by atoms with van der Waals surface area (Å²) < 4.78 is 10.4. The Hall–Kier alpha value is -2.60. The van der Waals surface area contributed by atoms with Gasteiger partial charge in [-0.3, -0.25) is 4.79 Å². The Bertz CT molecular complexity index is 751. The van der Waals surface area contributed by atoms with Crippen LogP contribution in [0.25, 0.3) is 0 Å². The van der Waals surface area contributed by atoms with Crippen LogP contribution in [0.1, 0.15) is 27.2 Å². The zero-order valence-electron chi connectivity index (χ0n) is 13.9. The number of nitrogens with two attached hydrogens (primary N) is 1. The Morgan fingerprint density at radius 3 is 2.54 bits per heavy atom. The number of amides is 1. The molecule has 0 spiro atoms. The Kier molecular flexibility index (Phi) is 6.14. The molecule has 24 heavy (non-hydrogen) atoms. The monoisotopic (exact) mass is 330 g/mol. The highest BCUT2D eigenvalue weighted by molar-refractivity contribution is 5.95. The minimum atomic E-state index is -0.616. The summed E-state index contributed by atoms with van der Waals surface area (Å²) in [6.45, 7) is 2.36. The summed E-state index contributed by atoms with van der Waals surface area (Å²) in [4.78, 5) is 24.0. The first-order valence-electron chi connectivity index (χ1n) is 7.80. The summed E-state index contributed by atoms with van der Waals surface area (Å²) in [5.74, 6) is 0.908. The molecular weight excluding hydrogens is 308 g/mol. The minimum Gasteiger partial charge on any atom is -0.497 e. The fourth-order valence-electron chi connectivity index (χ4n) is 2.40. The predicted molar refractivity (Wildman–Crippen MR) is 91.5 cm³/mol. The van der Waals surface area contributed by atoms with E-state index >= 15 is 0 Å². The van der Waals surface area contributed by atoms with E-state index in [0.29, 0.717) is 30.8 Å². The number of benzene rings is 1. The number of nitrogens with one attached hydrogen (secondary N) is 1. The molecule has 0 saturated heterocycles. The molecule has 0 aliphatic carbocycles. The number of carbonyl (C=O) groups is 1. The quantitative estimate of drug-likeness (QED) is 0.801. The zero-order chi connectivity index (χ0) is 17.5. The van der Waals surface area contributed by atoms with Crippen LogP contribution in [-0.4, -0.2) is 26.1 Å². The van der Waals surface area contributed by atoms with Gasteiger partial charge in [-0.05, 0) is 42.7 Å². The van der Waals surface area contributed by atoms with Gasteiger partial charge < -0.3 is 20.2 Å². The Balaban J connectivity index is 2.09. The van der Waals surface area contributed by atoms with Gasteiger partial charge in [0.05, 0.1) is 7.11 Å². The van der Waals surface area contributed by atoms with Crippen molar-refractivity contribution >= 4 is 5.91 Å². The Morgan fingerprint density at radius 2 is 1.96 bits per heavy atom. The van der Waals surface area contributed by atoms with Crippen LogP contribution in [-0.2, 0) is 12.8 Å². The average Bonchev–Trinajstić information content (AvgIpc) is 2.58. The van der Waals surface area contributed by atoms with E-state index in [1.807, 2.05) is 24.3 Å². The molecule has 2 aromatic rings. The maximum absolute atomic E-state index is 12.1. The van der Waals surface area contributed by atoms with Crippen LogP contribution in [0, 0.1) is 6.92 Å². The molecule has 0 aliphatic heterocycles. The fraction of sp³-hybridized carbons (Fsp3) is 0.333. The van der Waals surface area contributed by atoms with Crippen LogP contribution in [0.5, 0.6) is 5.75 Å². The highest BCUT2D eigenvalue weighted by Gasteiger charge is 2.16. The summed E-state index contributed by atoms with van der Waals surface area (Å²) in [7, 11) is 1.62. The van der Waals surface area contributed by atoms with Crippen LogP contribution >= 0.6 is 0 Å². The van der Waals surface area contributed by atoms with Crippen molar-refractivity contribution in [3.05, 3.63) is 63.2 Å². The average molecular weight is 330 g/mol. The van der Waals surface area contributed by atoms with E-state index < -0.39 is 11.5 Å². The Labute approximate surface area is 140 Å². The third-order valence-corrected chi connectivity index (χ3v) is 3.68. The number of methoxy groups -OCH3 is 1. The van der Waals surface area contributed by atoms with Crippen molar-refractivity contribution in [2.45, 2.75) is 19.8 Å². The lowest BCUT2D eigenvalue weighted by molar-refractivity contribution is 0.0949. The van der Waals surface area contributed by atoms with Crippen LogP contribution in [0.2, 0.25) is 0 Å². The van der Waals surface area contributed by atoms with Crippen molar-refractivity contribution in [2.24, 2.45) is 5.73 Å². The maximum atomic E-state index is 12.1. The molecule has 3 N–H and O–H groups in total. The molecule has 1 heterocycles. The standard InChI is InChI=1S/C18H22N2O4/c1-12-11-15(8-5-13-3-6-14(23-2)7-4-13)24-18(22)16(12)17(21)20-10-9-19/h3-4,6-7,11H,5,8-10,19H2,1-2H3,(H,20,21). The van der Waals surface area contributed by atoms with E-state index in [4.69, 9.17) is 14.9 Å². The zero-order valence-corrected chi connectivity index (χ0v) is 13.9. The number of hydrogen-bond acceptors (Lipinski definition) is 5. The summed E-state index contributed by atoms with van der Waals surface area (Å²) in [6.07, 6.45) is 1.30. The van der Waals surface area contributed by atoms with Crippen molar-refractivity contribution < 1.29 is 13.9 Å². The second-order valence-electron chi connectivity index (χ2n) is 5.45. The molecule has 0 aliphatic rings. The summed E-state index contributed by atoms with van der Waals surface area (Å²) in [5.41, 5.74) is 6.48. The first-order chi connectivity index (χ1) is 11.5. The van der Waals surface area contributed by atoms with Gasteiger partial charge in [0.25, 0.3) is 5.91 Å². The predicted octanol–water partition coefficient (Wildman–Crippen LogP) is 1.43. The summed E-state index contributed by atoms with van der Waals surface area (Å²) in [6, 6.07) is 9.46. The van der Waals surface area contributed by atoms with Crippen molar-refractivity contribution in [1.29, 1.82) is 0 Å². The van der Waals surface area contributed by atoms with E-state index in [-0.39, 0.29) is 5.56 Å². The first-order valence-corrected chi connectivity index (χ1v) is 7.80. The molecule has 6 nitrogen and oxygen atoms in total. The van der Waals surface area contributed by atoms with Gasteiger partial charge in [-0.15, -0.1) is 0 Å². The lowest BCUT2D eigenvalue weighted by Crippen LogP contribution is -2.33. The second kappa shape index (κ2) is 8.31. The van der Waals surface area contributed by atoms with Gasteiger partial charge in [-0.1, -0.05) is 12.1 Å². The summed E-state index contributed by atoms with van der Waals surface area (Å²) in [5, 5.41) is 2.58. The van der Waals surface area contributed by atoms with Gasteiger partial charge >= 0.3 is 5.63 Å². The van der Waals surface area contributed by atoms with Crippen LogP contribution in [0.15, 0.2) is 39.5 Å². The van der Waals surface area contributed by atoms with Crippen molar-refractivity contribution in [1.82, 2.24) is 5.32 Å². The van der Waals surface area contributed by atoms with Gasteiger partial charge in [0.15, 0.2) is 0 Å². The molecule has 1 aromatic heterocycles. The Morgan fingerprint density at radius 1 is 1.25 bits per heavy atom. The molecule has 0 unspecified atom stereocenters. The van der Waals surface area contributed by atoms with E-state index in [9.17, 15) is 9.59 Å². The van der Waals surface area contributed by atoms with Crippen LogP contribution in [0.4, 0.5) is 0 Å². The molecule has 2 rings (SSSR count). The first kappa shape index (κ1) is 17.7. The van der Waals surface area contributed by atoms with Crippen molar-refractivity contribution in [3.63, 3.8) is 0 Å². The molecular formula is C18H22N2O4. The highest BCUT2D eigenvalue weighted by Crippen LogP contribution is 2.14. The fourth-order valence-corrected chi connectivity index (χ4v) is 2.40. The number of ether oxygens (including phenoxy) is 1. The molecule has 0 atom stereocenters. The normalized spacial score (nSPS) is 10.5. The van der Waals surface area contributed by atoms with Crippen LogP contribution < -0.4 is 21.4 Å². The number of aryl methyl sites for hydroxylation is 3. The molecule has 1 amide bonds. The summed E-state index contributed by atoms with van der Waals surface area (Å²) >= 11 is 0. The second-order valence-corrected chi connectivity index (χ2v) is 5.45. The van der Waals surface area contributed by atoms with E-state index in [1.165, 1.54) is 0 Å². The minimum absolute atomic E-state index is 0.0386. The van der Waals surface area contributed by atoms with Crippen molar-refractivity contribution in [3.8, 4) is 5.75 Å². The molecule has 1 aromatic carbocycles. The van der Waals surface area contributed by atoms with Gasteiger partial charge in [0, 0.05) is 19.5 Å². The number of rotatable bonds is 7. The maximum Gasteiger partial charge on any atom is 0.349 e. The van der Waals surface area contributed by atoms with Gasteiger partial charge in [-0.25, -0.2) is 4.79 Å². The molecule has 6 heteroatoms.